The Labute approximate surface area is 80.4 Å². The van der Waals surface area contributed by atoms with Gasteiger partial charge in [-0.05, 0) is 34.1 Å². The zero-order chi connectivity index (χ0) is 10.5. The van der Waals surface area contributed by atoms with E-state index in [0.29, 0.717) is 6.61 Å². The molecular formula is C10H20O3. The van der Waals surface area contributed by atoms with E-state index in [9.17, 15) is 4.79 Å². The van der Waals surface area contributed by atoms with E-state index in [1.54, 1.807) is 6.92 Å². The van der Waals surface area contributed by atoms with Crippen LogP contribution in [0.5, 0.6) is 0 Å². The lowest BCUT2D eigenvalue weighted by atomic mass is 10.2. The molecule has 0 aromatic rings. The third-order valence-corrected chi connectivity index (χ3v) is 1.31. The van der Waals surface area contributed by atoms with Gasteiger partial charge in [0.05, 0.1) is 12.2 Å². The number of ether oxygens (including phenoxy) is 2. The van der Waals surface area contributed by atoms with Gasteiger partial charge < -0.3 is 9.47 Å². The molecule has 0 radical (unpaired) electrons. The molecule has 13 heavy (non-hydrogen) atoms. The van der Waals surface area contributed by atoms with Gasteiger partial charge in [-0.15, -0.1) is 0 Å². The maximum atomic E-state index is 11.2. The number of hydrogen-bond donors (Lipinski definition) is 0. The van der Waals surface area contributed by atoms with Gasteiger partial charge >= 0.3 is 5.97 Å². The molecule has 0 spiro atoms. The van der Waals surface area contributed by atoms with Crippen molar-refractivity contribution in [1.82, 2.24) is 0 Å². The first-order valence-corrected chi connectivity index (χ1v) is 4.71. The third kappa shape index (κ3) is 6.58. The molecule has 0 rings (SSSR count). The second kappa shape index (κ2) is 5.22. The van der Waals surface area contributed by atoms with Gasteiger partial charge in [-0.25, -0.2) is 4.79 Å². The zero-order valence-corrected chi connectivity index (χ0v) is 9.22. The molecule has 0 aliphatic heterocycles. The van der Waals surface area contributed by atoms with Crippen LogP contribution in [-0.4, -0.2) is 24.3 Å². The molecule has 0 saturated carbocycles. The lowest BCUT2D eigenvalue weighted by molar-refractivity contribution is -0.164. The van der Waals surface area contributed by atoms with Crippen LogP contribution in [0.25, 0.3) is 0 Å². The predicted octanol–water partition coefficient (Wildman–Crippen LogP) is 2.14. The first-order chi connectivity index (χ1) is 5.87. The molecule has 3 nitrogen and oxygen atoms in total. The summed E-state index contributed by atoms with van der Waals surface area (Å²) in [5, 5.41) is 0. The van der Waals surface area contributed by atoms with Gasteiger partial charge in [-0.3, -0.25) is 0 Å². The Kier molecular flexibility index (Phi) is 4.99. The van der Waals surface area contributed by atoms with E-state index in [2.05, 4.69) is 0 Å². The molecule has 0 heterocycles. The summed E-state index contributed by atoms with van der Waals surface area (Å²) in [6, 6.07) is 0. The molecule has 0 amide bonds. The van der Waals surface area contributed by atoms with Gasteiger partial charge in [0.25, 0.3) is 0 Å². The van der Waals surface area contributed by atoms with E-state index in [1.807, 2.05) is 27.7 Å². The predicted molar refractivity (Wildman–Crippen MR) is 51.6 cm³/mol. The summed E-state index contributed by atoms with van der Waals surface area (Å²) >= 11 is 0. The highest BCUT2D eigenvalue weighted by Gasteiger charge is 2.21. The van der Waals surface area contributed by atoms with Crippen molar-refractivity contribution in [3.63, 3.8) is 0 Å². The second-order valence-electron chi connectivity index (χ2n) is 4.04. The highest BCUT2D eigenvalue weighted by Crippen LogP contribution is 2.11. The molecule has 3 heteroatoms. The van der Waals surface area contributed by atoms with Crippen molar-refractivity contribution >= 4 is 5.97 Å². The Morgan fingerprint density at radius 2 is 1.92 bits per heavy atom. The molecule has 0 aromatic heterocycles. The van der Waals surface area contributed by atoms with Crippen LogP contribution in [0.2, 0.25) is 0 Å². The first kappa shape index (κ1) is 12.4. The summed E-state index contributed by atoms with van der Waals surface area (Å²) in [5.41, 5.74) is -0.301. The Bertz CT molecular complexity index is 158. The van der Waals surface area contributed by atoms with E-state index in [4.69, 9.17) is 9.47 Å². The Morgan fingerprint density at radius 3 is 2.31 bits per heavy atom. The number of rotatable bonds is 4. The van der Waals surface area contributed by atoms with Crippen molar-refractivity contribution in [3.8, 4) is 0 Å². The van der Waals surface area contributed by atoms with Gasteiger partial charge in [0.15, 0.2) is 6.10 Å². The van der Waals surface area contributed by atoms with Crippen LogP contribution >= 0.6 is 0 Å². The highest BCUT2D eigenvalue weighted by molar-refractivity contribution is 5.74. The molecule has 0 aromatic carbocycles. The van der Waals surface area contributed by atoms with E-state index < -0.39 is 6.10 Å². The lowest BCUT2D eigenvalue weighted by Crippen LogP contribution is -2.32. The van der Waals surface area contributed by atoms with Crippen LogP contribution in [0, 0.1) is 0 Å². The fraction of sp³-hybridized carbons (Fsp3) is 0.900. The van der Waals surface area contributed by atoms with E-state index in [0.717, 1.165) is 6.42 Å². The minimum Gasteiger partial charge on any atom is -0.464 e. The Morgan fingerprint density at radius 1 is 1.38 bits per heavy atom. The molecule has 1 atom stereocenters. The van der Waals surface area contributed by atoms with Gasteiger partial charge in [0.1, 0.15) is 0 Å². The molecule has 0 saturated heterocycles. The third-order valence-electron chi connectivity index (χ3n) is 1.31. The average molecular weight is 188 g/mol. The maximum Gasteiger partial charge on any atom is 0.334 e. The van der Waals surface area contributed by atoms with E-state index >= 15 is 0 Å². The van der Waals surface area contributed by atoms with Gasteiger partial charge in [-0.1, -0.05) is 6.92 Å². The number of carbonyl (C=O) groups is 1. The topological polar surface area (TPSA) is 35.5 Å². The summed E-state index contributed by atoms with van der Waals surface area (Å²) in [6.07, 6.45) is 0.361. The quantitative estimate of drug-likeness (QED) is 0.634. The summed E-state index contributed by atoms with van der Waals surface area (Å²) in [7, 11) is 0. The Balaban J connectivity index is 3.83. The van der Waals surface area contributed by atoms with Crippen molar-refractivity contribution < 1.29 is 14.3 Å². The molecule has 0 N–H and O–H groups in total. The molecule has 0 aliphatic carbocycles. The van der Waals surface area contributed by atoms with Crippen LogP contribution < -0.4 is 0 Å². The molecular weight excluding hydrogens is 168 g/mol. The highest BCUT2D eigenvalue weighted by atomic mass is 16.6. The minimum absolute atomic E-state index is 0.281. The van der Waals surface area contributed by atoms with E-state index in [1.165, 1.54) is 0 Å². The lowest BCUT2D eigenvalue weighted by Gasteiger charge is -2.23. The fourth-order valence-electron chi connectivity index (χ4n) is 0.898. The SMILES string of the molecule is CCCOC(=O)C(C)OC(C)(C)C. The fourth-order valence-corrected chi connectivity index (χ4v) is 0.898. The number of esters is 1. The summed E-state index contributed by atoms with van der Waals surface area (Å²) in [6.45, 7) is 9.88. The van der Waals surface area contributed by atoms with Crippen LogP contribution in [0.1, 0.15) is 41.0 Å². The van der Waals surface area contributed by atoms with Gasteiger partial charge in [0.2, 0.25) is 0 Å². The standard InChI is InChI=1S/C10H20O3/c1-6-7-12-9(11)8(2)13-10(3,4)5/h8H,6-7H2,1-5H3. The van der Waals surface area contributed by atoms with Crippen molar-refractivity contribution in [2.45, 2.75) is 52.7 Å². The van der Waals surface area contributed by atoms with Crippen LogP contribution in [0.15, 0.2) is 0 Å². The molecule has 0 bridgehead atoms. The van der Waals surface area contributed by atoms with Gasteiger partial charge in [-0.2, -0.15) is 0 Å². The average Bonchev–Trinajstić information content (AvgIpc) is 1.96. The molecule has 0 aliphatic rings. The van der Waals surface area contributed by atoms with Crippen molar-refractivity contribution in [1.29, 1.82) is 0 Å². The van der Waals surface area contributed by atoms with Crippen LogP contribution in [0.3, 0.4) is 0 Å². The van der Waals surface area contributed by atoms with Gasteiger partial charge in [0, 0.05) is 0 Å². The number of carbonyl (C=O) groups excluding carboxylic acids is 1. The summed E-state index contributed by atoms with van der Waals surface area (Å²) in [5.74, 6) is -0.281. The largest absolute Gasteiger partial charge is 0.464 e. The molecule has 1 unspecified atom stereocenters. The van der Waals surface area contributed by atoms with Crippen LogP contribution in [0.4, 0.5) is 0 Å². The van der Waals surface area contributed by atoms with Crippen LogP contribution in [-0.2, 0) is 14.3 Å². The first-order valence-electron chi connectivity index (χ1n) is 4.71. The second-order valence-corrected chi connectivity index (χ2v) is 4.04. The van der Waals surface area contributed by atoms with Crippen molar-refractivity contribution in [2.75, 3.05) is 6.61 Å². The summed E-state index contributed by atoms with van der Waals surface area (Å²) < 4.78 is 10.4. The molecule has 78 valence electrons. The smallest absolute Gasteiger partial charge is 0.334 e. The normalized spacial score (nSPS) is 13.9. The number of hydrogen-bond acceptors (Lipinski definition) is 3. The Hall–Kier alpha value is -0.570. The maximum absolute atomic E-state index is 11.2. The van der Waals surface area contributed by atoms with Crippen molar-refractivity contribution in [3.05, 3.63) is 0 Å². The zero-order valence-electron chi connectivity index (χ0n) is 9.22. The van der Waals surface area contributed by atoms with E-state index in [-0.39, 0.29) is 11.6 Å². The molecule has 0 fully saturated rings. The van der Waals surface area contributed by atoms with Crippen molar-refractivity contribution in [2.24, 2.45) is 0 Å². The minimum atomic E-state index is -0.480. The summed E-state index contributed by atoms with van der Waals surface area (Å²) in [4.78, 5) is 11.2. The monoisotopic (exact) mass is 188 g/mol.